The maximum Gasteiger partial charge on any atom is 0.352 e. The summed E-state index contributed by atoms with van der Waals surface area (Å²) in [6.45, 7) is 4.06. The van der Waals surface area contributed by atoms with E-state index in [0.29, 0.717) is 22.3 Å². The molecule has 6 rings (SSSR count). The molecular formula is C26H21FN4O2. The average molecular weight is 440 g/mol. The van der Waals surface area contributed by atoms with Crippen molar-refractivity contribution in [1.82, 2.24) is 19.9 Å². The van der Waals surface area contributed by atoms with Crippen LogP contribution in [0.3, 0.4) is 0 Å². The second-order valence-electron chi connectivity index (χ2n) is 8.65. The highest BCUT2D eigenvalue weighted by Crippen LogP contribution is 2.46. The molecule has 0 fully saturated rings. The van der Waals surface area contributed by atoms with Crippen LogP contribution in [0, 0.1) is 5.82 Å². The molecule has 6 aromatic rings. The molecule has 2 aromatic carbocycles. The Morgan fingerprint density at radius 2 is 1.42 bits per heavy atom. The topological polar surface area (TPSA) is 100 Å². The molecule has 4 heterocycles. The zero-order chi connectivity index (χ0) is 22.9. The fraction of sp³-hybridized carbons (Fsp3) is 0.115. The summed E-state index contributed by atoms with van der Waals surface area (Å²) in [5.41, 5.74) is 6.15. The van der Waals surface area contributed by atoms with Gasteiger partial charge in [-0.05, 0) is 47.9 Å². The Kier molecular flexibility index (Phi) is 4.04. The molecule has 4 aromatic heterocycles. The number of carboxylic acid groups (broad SMARTS) is 1. The molecule has 0 unspecified atom stereocenters. The number of carbonyl (C=O) groups is 1. The van der Waals surface area contributed by atoms with Crippen molar-refractivity contribution in [1.29, 1.82) is 0 Å². The molecule has 0 aliphatic heterocycles. The van der Waals surface area contributed by atoms with E-state index in [1.54, 1.807) is 6.20 Å². The van der Waals surface area contributed by atoms with Crippen LogP contribution in [0.1, 0.15) is 35.8 Å². The van der Waals surface area contributed by atoms with Crippen molar-refractivity contribution in [2.75, 3.05) is 0 Å². The van der Waals surface area contributed by atoms with Crippen LogP contribution in [-0.4, -0.2) is 31.0 Å². The first kappa shape index (κ1) is 19.4. The predicted molar refractivity (Wildman–Crippen MR) is 128 cm³/mol. The minimum absolute atomic E-state index is 0.0280. The number of fused-ring (bicyclic) bond motifs is 3. The minimum Gasteiger partial charge on any atom is -0.477 e. The highest BCUT2D eigenvalue weighted by Gasteiger charge is 2.29. The number of aromatic amines is 4. The highest BCUT2D eigenvalue weighted by atomic mass is 19.1. The Hall–Kier alpha value is -4.26. The number of aromatic nitrogens is 4. The Morgan fingerprint density at radius 3 is 2.00 bits per heavy atom. The third-order valence-corrected chi connectivity index (χ3v) is 6.37. The Labute approximate surface area is 187 Å². The van der Waals surface area contributed by atoms with Gasteiger partial charge in [-0.2, -0.15) is 0 Å². The molecular weight excluding hydrogens is 419 g/mol. The number of aromatic carboxylic acids is 1. The SMILES string of the molecule is CC(C)c1c(-c2cc(F)cc3[nH]ccc23)[nH]c(C(=O)O)c1-c1c2cc[nH]c2cc2[nH]ccc12. The molecule has 0 saturated carbocycles. The summed E-state index contributed by atoms with van der Waals surface area (Å²) in [7, 11) is 0. The number of hydrogen-bond acceptors (Lipinski definition) is 1. The van der Waals surface area contributed by atoms with E-state index in [9.17, 15) is 14.3 Å². The van der Waals surface area contributed by atoms with E-state index in [2.05, 4.69) is 19.9 Å². The van der Waals surface area contributed by atoms with Gasteiger partial charge in [-0.25, -0.2) is 9.18 Å². The molecule has 0 amide bonds. The lowest BCUT2D eigenvalue weighted by Gasteiger charge is -2.14. The van der Waals surface area contributed by atoms with Gasteiger partial charge in [-0.1, -0.05) is 13.8 Å². The zero-order valence-electron chi connectivity index (χ0n) is 18.0. The predicted octanol–water partition coefficient (Wildman–Crippen LogP) is 6.75. The largest absolute Gasteiger partial charge is 0.477 e. The fourth-order valence-electron chi connectivity index (χ4n) is 5.06. The lowest BCUT2D eigenvalue weighted by Crippen LogP contribution is -2.00. The van der Waals surface area contributed by atoms with E-state index >= 15 is 0 Å². The van der Waals surface area contributed by atoms with Crippen LogP contribution >= 0.6 is 0 Å². The average Bonchev–Trinajstić information content (AvgIpc) is 3.55. The van der Waals surface area contributed by atoms with Crippen molar-refractivity contribution in [2.45, 2.75) is 19.8 Å². The normalized spacial score (nSPS) is 12.0. The summed E-state index contributed by atoms with van der Waals surface area (Å²) in [4.78, 5) is 25.2. The van der Waals surface area contributed by atoms with Gasteiger partial charge >= 0.3 is 5.97 Å². The van der Waals surface area contributed by atoms with Crippen molar-refractivity contribution < 1.29 is 14.3 Å². The van der Waals surface area contributed by atoms with Crippen LogP contribution in [0.4, 0.5) is 4.39 Å². The van der Waals surface area contributed by atoms with Crippen LogP contribution in [0.5, 0.6) is 0 Å². The molecule has 0 aliphatic carbocycles. The van der Waals surface area contributed by atoms with Crippen molar-refractivity contribution in [3.8, 4) is 22.4 Å². The van der Waals surface area contributed by atoms with E-state index in [-0.39, 0.29) is 17.4 Å². The van der Waals surface area contributed by atoms with Gasteiger partial charge in [0.05, 0.1) is 5.69 Å². The van der Waals surface area contributed by atoms with E-state index in [4.69, 9.17) is 0 Å². The van der Waals surface area contributed by atoms with Crippen molar-refractivity contribution in [2.24, 2.45) is 0 Å². The van der Waals surface area contributed by atoms with Crippen LogP contribution in [0.15, 0.2) is 55.0 Å². The lowest BCUT2D eigenvalue weighted by atomic mass is 9.87. The highest BCUT2D eigenvalue weighted by molar-refractivity contribution is 6.15. The van der Waals surface area contributed by atoms with Crippen molar-refractivity contribution >= 4 is 38.7 Å². The summed E-state index contributed by atoms with van der Waals surface area (Å²) < 4.78 is 14.6. The monoisotopic (exact) mass is 440 g/mol. The Balaban J connectivity index is 1.80. The fourth-order valence-corrected chi connectivity index (χ4v) is 5.06. The van der Waals surface area contributed by atoms with E-state index < -0.39 is 5.97 Å². The van der Waals surface area contributed by atoms with Crippen LogP contribution < -0.4 is 0 Å². The molecule has 6 nitrogen and oxygen atoms in total. The van der Waals surface area contributed by atoms with Crippen LogP contribution in [0.2, 0.25) is 0 Å². The van der Waals surface area contributed by atoms with Crippen LogP contribution in [0.25, 0.3) is 55.1 Å². The van der Waals surface area contributed by atoms with Gasteiger partial charge in [0, 0.05) is 68.0 Å². The lowest BCUT2D eigenvalue weighted by molar-refractivity contribution is 0.0692. The van der Waals surface area contributed by atoms with Crippen molar-refractivity contribution in [3.05, 3.63) is 72.1 Å². The van der Waals surface area contributed by atoms with Gasteiger partial charge in [-0.15, -0.1) is 0 Å². The van der Waals surface area contributed by atoms with Gasteiger partial charge in [0.2, 0.25) is 0 Å². The van der Waals surface area contributed by atoms with E-state index in [1.165, 1.54) is 12.1 Å². The summed E-state index contributed by atoms with van der Waals surface area (Å²) in [6.07, 6.45) is 5.46. The molecule has 5 N–H and O–H groups in total. The number of rotatable bonds is 4. The van der Waals surface area contributed by atoms with Crippen molar-refractivity contribution in [3.63, 3.8) is 0 Å². The van der Waals surface area contributed by atoms with Gasteiger partial charge in [-0.3, -0.25) is 0 Å². The molecule has 0 radical (unpaired) electrons. The zero-order valence-corrected chi connectivity index (χ0v) is 18.0. The Morgan fingerprint density at radius 1 is 0.848 bits per heavy atom. The Bertz CT molecular complexity index is 1650. The molecule has 0 bridgehead atoms. The number of hydrogen-bond donors (Lipinski definition) is 5. The second-order valence-corrected chi connectivity index (χ2v) is 8.65. The molecule has 0 spiro atoms. The van der Waals surface area contributed by atoms with Gasteiger partial charge in [0.15, 0.2) is 0 Å². The third kappa shape index (κ3) is 2.75. The molecule has 0 saturated heterocycles. The summed E-state index contributed by atoms with van der Waals surface area (Å²) in [5.74, 6) is -1.47. The van der Waals surface area contributed by atoms with Crippen LogP contribution in [-0.2, 0) is 0 Å². The number of H-pyrrole nitrogens is 4. The maximum atomic E-state index is 14.6. The summed E-state index contributed by atoms with van der Waals surface area (Å²) in [5, 5.41) is 12.9. The minimum atomic E-state index is -1.06. The summed E-state index contributed by atoms with van der Waals surface area (Å²) in [6, 6.07) is 10.7. The number of carboxylic acids is 1. The van der Waals surface area contributed by atoms with E-state index in [1.807, 2.05) is 50.5 Å². The van der Waals surface area contributed by atoms with Gasteiger partial charge in [0.25, 0.3) is 0 Å². The number of halogens is 1. The smallest absolute Gasteiger partial charge is 0.352 e. The first-order valence-electron chi connectivity index (χ1n) is 10.8. The molecule has 7 heteroatoms. The molecule has 0 atom stereocenters. The maximum absolute atomic E-state index is 14.6. The van der Waals surface area contributed by atoms with Gasteiger partial charge in [0.1, 0.15) is 11.5 Å². The van der Waals surface area contributed by atoms with E-state index in [0.717, 1.165) is 38.3 Å². The number of benzene rings is 2. The first-order chi connectivity index (χ1) is 15.9. The third-order valence-electron chi connectivity index (χ3n) is 6.37. The standard InChI is InChI=1S/C26H21FN4O2/c1-12(2)21-23(22-15-4-7-29-19(15)11-20-16(22)5-8-30-20)25(26(32)33)31-24(21)17-9-13(27)10-18-14(17)3-6-28-18/h3-12,28-31H,1-2H3,(H,32,33). The molecule has 0 aliphatic rings. The van der Waals surface area contributed by atoms with Gasteiger partial charge < -0.3 is 25.0 Å². The quantitative estimate of drug-likeness (QED) is 0.209. The number of nitrogens with one attached hydrogen (secondary N) is 4. The molecule has 33 heavy (non-hydrogen) atoms. The summed E-state index contributed by atoms with van der Waals surface area (Å²) >= 11 is 0. The second kappa shape index (κ2) is 6.87. The molecule has 164 valence electrons. The first-order valence-corrected chi connectivity index (χ1v) is 10.8.